The quantitative estimate of drug-likeness (QED) is 0.859. The Morgan fingerprint density at radius 3 is 2.64 bits per heavy atom. The molecule has 2 N–H and O–H groups in total. The summed E-state index contributed by atoms with van der Waals surface area (Å²) in [6.45, 7) is -0.595. The maximum atomic E-state index is 12.2. The van der Waals surface area contributed by atoms with Gasteiger partial charge in [-0.05, 0) is 17.7 Å². The summed E-state index contributed by atoms with van der Waals surface area (Å²) in [6.07, 6.45) is -3.05. The van der Waals surface area contributed by atoms with Crippen LogP contribution in [0.4, 0.5) is 13.2 Å². The van der Waals surface area contributed by atoms with Gasteiger partial charge in [-0.1, -0.05) is 18.2 Å². The van der Waals surface area contributed by atoms with Gasteiger partial charge in [-0.25, -0.2) is 4.79 Å². The fraction of sp³-hybridized carbons (Fsp3) is 0.286. The first-order valence-corrected chi connectivity index (χ1v) is 6.46. The van der Waals surface area contributed by atoms with E-state index in [-0.39, 0.29) is 18.7 Å². The van der Waals surface area contributed by atoms with Crippen LogP contribution >= 0.6 is 0 Å². The number of halogens is 3. The van der Waals surface area contributed by atoms with Crippen molar-refractivity contribution >= 4 is 5.97 Å². The third-order valence-corrected chi connectivity index (χ3v) is 2.91. The second-order valence-electron chi connectivity index (χ2n) is 4.69. The number of rotatable bonds is 6. The van der Waals surface area contributed by atoms with Crippen LogP contribution in [0, 0.1) is 0 Å². The number of benzene rings is 1. The predicted molar refractivity (Wildman–Crippen MR) is 72.2 cm³/mol. The van der Waals surface area contributed by atoms with E-state index in [4.69, 9.17) is 5.11 Å². The molecule has 118 valence electrons. The monoisotopic (exact) mass is 313 g/mol. The lowest BCUT2D eigenvalue weighted by molar-refractivity contribution is -0.142. The Balaban J connectivity index is 1.91. The number of nitrogens with zero attached hydrogens (tertiary/aromatic N) is 2. The molecule has 1 aromatic carbocycles. The molecule has 2 rings (SSSR count). The van der Waals surface area contributed by atoms with E-state index in [1.807, 2.05) is 0 Å². The van der Waals surface area contributed by atoms with Crippen LogP contribution in [0.1, 0.15) is 21.6 Å². The van der Waals surface area contributed by atoms with Crippen molar-refractivity contribution < 1.29 is 23.1 Å². The Morgan fingerprint density at radius 1 is 1.23 bits per heavy atom. The maximum absolute atomic E-state index is 12.2. The Kier molecular flexibility index (Phi) is 4.81. The third kappa shape index (κ3) is 4.59. The first-order valence-electron chi connectivity index (χ1n) is 6.46. The molecule has 0 bridgehead atoms. The van der Waals surface area contributed by atoms with Gasteiger partial charge >= 0.3 is 12.1 Å². The van der Waals surface area contributed by atoms with Crippen molar-refractivity contribution in [3.63, 3.8) is 0 Å². The summed E-state index contributed by atoms with van der Waals surface area (Å²) < 4.78 is 37.5. The molecular formula is C14H14F3N3O2. The molecule has 0 saturated heterocycles. The van der Waals surface area contributed by atoms with E-state index in [0.29, 0.717) is 11.3 Å². The molecule has 0 radical (unpaired) electrons. The summed E-state index contributed by atoms with van der Waals surface area (Å²) in [4.78, 5) is 11.0. The lowest BCUT2D eigenvalue weighted by atomic mass is 10.1. The highest BCUT2D eigenvalue weighted by Crippen LogP contribution is 2.17. The first-order chi connectivity index (χ1) is 10.3. The lowest BCUT2D eigenvalue weighted by Gasteiger charge is -2.07. The van der Waals surface area contributed by atoms with Crippen molar-refractivity contribution in [3.8, 4) is 0 Å². The molecule has 0 aliphatic carbocycles. The van der Waals surface area contributed by atoms with Crippen LogP contribution in [0.2, 0.25) is 0 Å². The molecule has 0 aliphatic rings. The van der Waals surface area contributed by atoms with Crippen LogP contribution in [0.5, 0.6) is 0 Å². The van der Waals surface area contributed by atoms with Gasteiger partial charge in [0.2, 0.25) is 0 Å². The summed E-state index contributed by atoms with van der Waals surface area (Å²) in [5.41, 5.74) is 1.25. The van der Waals surface area contributed by atoms with Crippen LogP contribution in [0.15, 0.2) is 36.5 Å². The summed E-state index contributed by atoms with van der Waals surface area (Å²) >= 11 is 0. The standard InChI is InChI=1S/C14H14F3N3O2/c15-14(16,17)9-20-6-5-11(19-20)8-18-7-10-3-1-2-4-12(10)13(21)22/h1-6,18H,7-9H2,(H,21,22). The average molecular weight is 313 g/mol. The molecule has 0 saturated carbocycles. The second-order valence-corrected chi connectivity index (χ2v) is 4.69. The molecule has 5 nitrogen and oxygen atoms in total. The molecule has 1 heterocycles. The molecule has 1 aromatic heterocycles. The summed E-state index contributed by atoms with van der Waals surface area (Å²) in [5, 5.41) is 15.8. The van der Waals surface area contributed by atoms with E-state index in [2.05, 4.69) is 10.4 Å². The first kappa shape index (κ1) is 16.0. The Morgan fingerprint density at radius 2 is 1.95 bits per heavy atom. The van der Waals surface area contributed by atoms with Gasteiger partial charge in [-0.3, -0.25) is 4.68 Å². The van der Waals surface area contributed by atoms with Gasteiger partial charge < -0.3 is 10.4 Å². The van der Waals surface area contributed by atoms with Gasteiger partial charge in [0, 0.05) is 19.3 Å². The van der Waals surface area contributed by atoms with E-state index < -0.39 is 18.7 Å². The zero-order valence-corrected chi connectivity index (χ0v) is 11.5. The smallest absolute Gasteiger partial charge is 0.408 e. The Labute approximate surface area is 124 Å². The fourth-order valence-corrected chi connectivity index (χ4v) is 1.98. The number of alkyl halides is 3. The largest absolute Gasteiger partial charge is 0.478 e. The molecule has 0 fully saturated rings. The highest BCUT2D eigenvalue weighted by Gasteiger charge is 2.28. The fourth-order valence-electron chi connectivity index (χ4n) is 1.98. The summed E-state index contributed by atoms with van der Waals surface area (Å²) in [7, 11) is 0. The predicted octanol–water partition coefficient (Wildman–Crippen LogP) is 2.43. The zero-order chi connectivity index (χ0) is 16.2. The summed E-state index contributed by atoms with van der Waals surface area (Å²) in [5.74, 6) is -1.02. The topological polar surface area (TPSA) is 67.2 Å². The van der Waals surface area contributed by atoms with Gasteiger partial charge in [-0.2, -0.15) is 18.3 Å². The van der Waals surface area contributed by atoms with Crippen LogP contribution in [0.3, 0.4) is 0 Å². The molecule has 0 spiro atoms. The van der Waals surface area contributed by atoms with E-state index in [1.165, 1.54) is 18.3 Å². The molecule has 0 amide bonds. The van der Waals surface area contributed by atoms with Gasteiger partial charge in [0.05, 0.1) is 11.3 Å². The average Bonchev–Trinajstić information content (AvgIpc) is 2.84. The molecule has 0 unspecified atom stereocenters. The summed E-state index contributed by atoms with van der Waals surface area (Å²) in [6, 6.07) is 8.02. The molecule has 8 heteroatoms. The van der Waals surface area contributed by atoms with Crippen molar-refractivity contribution in [2.24, 2.45) is 0 Å². The van der Waals surface area contributed by atoms with Crippen LogP contribution < -0.4 is 5.32 Å². The van der Waals surface area contributed by atoms with Crippen LogP contribution in [-0.4, -0.2) is 27.0 Å². The van der Waals surface area contributed by atoms with E-state index in [9.17, 15) is 18.0 Å². The number of carboxylic acids is 1. The van der Waals surface area contributed by atoms with Gasteiger partial charge in [-0.15, -0.1) is 0 Å². The third-order valence-electron chi connectivity index (χ3n) is 2.91. The molecule has 22 heavy (non-hydrogen) atoms. The van der Waals surface area contributed by atoms with E-state index in [1.54, 1.807) is 18.2 Å². The van der Waals surface area contributed by atoms with Crippen molar-refractivity contribution in [1.82, 2.24) is 15.1 Å². The Hall–Kier alpha value is -2.35. The zero-order valence-electron chi connectivity index (χ0n) is 11.5. The SMILES string of the molecule is O=C(O)c1ccccc1CNCc1ccn(CC(F)(F)F)n1. The van der Waals surface area contributed by atoms with Crippen molar-refractivity contribution in [3.05, 3.63) is 53.3 Å². The molecule has 0 aliphatic heterocycles. The number of aromatic carboxylic acids is 1. The number of aromatic nitrogens is 2. The highest BCUT2D eigenvalue weighted by molar-refractivity contribution is 5.89. The Bertz CT molecular complexity index is 653. The van der Waals surface area contributed by atoms with Crippen LogP contribution in [0.25, 0.3) is 0 Å². The number of hydrogen-bond donors (Lipinski definition) is 2. The number of nitrogens with one attached hydrogen (secondary N) is 1. The van der Waals surface area contributed by atoms with E-state index >= 15 is 0 Å². The molecule has 2 aromatic rings. The van der Waals surface area contributed by atoms with Gasteiger partial charge in [0.1, 0.15) is 6.54 Å². The minimum Gasteiger partial charge on any atom is -0.478 e. The lowest BCUT2D eigenvalue weighted by Crippen LogP contribution is -2.19. The van der Waals surface area contributed by atoms with Crippen molar-refractivity contribution in [2.45, 2.75) is 25.8 Å². The van der Waals surface area contributed by atoms with Crippen molar-refractivity contribution in [2.75, 3.05) is 0 Å². The van der Waals surface area contributed by atoms with Crippen LogP contribution in [-0.2, 0) is 19.6 Å². The number of carboxylic acid groups (broad SMARTS) is 1. The second kappa shape index (κ2) is 6.61. The normalized spacial score (nSPS) is 11.6. The van der Waals surface area contributed by atoms with Gasteiger partial charge in [0.15, 0.2) is 0 Å². The number of hydrogen-bond acceptors (Lipinski definition) is 3. The maximum Gasteiger partial charge on any atom is 0.408 e. The molecular weight excluding hydrogens is 299 g/mol. The number of carbonyl (C=O) groups is 1. The van der Waals surface area contributed by atoms with Gasteiger partial charge in [0.25, 0.3) is 0 Å². The minimum atomic E-state index is -4.31. The molecule has 0 atom stereocenters. The van der Waals surface area contributed by atoms with E-state index in [0.717, 1.165) is 4.68 Å². The highest BCUT2D eigenvalue weighted by atomic mass is 19.4. The van der Waals surface area contributed by atoms with Crippen molar-refractivity contribution in [1.29, 1.82) is 0 Å². The minimum absolute atomic E-state index is 0.192.